The third kappa shape index (κ3) is 3.21. The summed E-state index contributed by atoms with van der Waals surface area (Å²) in [6.07, 6.45) is 0.0175. The lowest BCUT2D eigenvalue weighted by molar-refractivity contribution is -0.137. The highest BCUT2D eigenvalue weighted by Crippen LogP contribution is 2.28. The molecule has 92 valence electrons. The quantitative estimate of drug-likeness (QED) is 0.835. The van der Waals surface area contributed by atoms with Crippen molar-refractivity contribution in [2.24, 2.45) is 5.73 Å². The molecule has 0 saturated heterocycles. The van der Waals surface area contributed by atoms with Crippen LogP contribution in [0.4, 0.5) is 10.5 Å². The molecule has 0 fully saturated rings. The van der Waals surface area contributed by atoms with Gasteiger partial charge in [0.15, 0.2) is 0 Å². The van der Waals surface area contributed by atoms with Crippen molar-refractivity contribution in [1.82, 2.24) is 0 Å². The summed E-state index contributed by atoms with van der Waals surface area (Å²) in [5.74, 6) is -1.04. The third-order valence-electron chi connectivity index (χ3n) is 2.64. The predicted molar refractivity (Wildman–Crippen MR) is 65.1 cm³/mol. The fourth-order valence-corrected chi connectivity index (χ4v) is 1.70. The topological polar surface area (TPSA) is 83.6 Å². The first kappa shape index (κ1) is 13.0. The molecule has 1 unspecified atom stereocenters. The second-order valence-corrected chi connectivity index (χ2v) is 3.95. The number of hydrogen-bond donors (Lipinski definition) is 2. The zero-order valence-corrected chi connectivity index (χ0v) is 9.88. The number of urea groups is 1. The first-order valence-corrected chi connectivity index (χ1v) is 5.27. The summed E-state index contributed by atoms with van der Waals surface area (Å²) in [4.78, 5) is 23.1. The average molecular weight is 236 g/mol. The summed E-state index contributed by atoms with van der Waals surface area (Å²) in [7, 11) is 1.56. The molecule has 17 heavy (non-hydrogen) atoms. The Kier molecular flexibility index (Phi) is 4.09. The van der Waals surface area contributed by atoms with E-state index in [9.17, 15) is 9.59 Å². The Morgan fingerprint density at radius 1 is 1.41 bits per heavy atom. The minimum Gasteiger partial charge on any atom is -0.481 e. The Balaban J connectivity index is 3.07. The zero-order valence-electron chi connectivity index (χ0n) is 9.88. The van der Waals surface area contributed by atoms with E-state index in [4.69, 9.17) is 10.8 Å². The van der Waals surface area contributed by atoms with Crippen molar-refractivity contribution in [1.29, 1.82) is 0 Å². The largest absolute Gasteiger partial charge is 0.481 e. The van der Waals surface area contributed by atoms with E-state index in [1.54, 1.807) is 19.2 Å². The van der Waals surface area contributed by atoms with E-state index < -0.39 is 12.0 Å². The van der Waals surface area contributed by atoms with E-state index >= 15 is 0 Å². The SMILES string of the molecule is CC(CC(=O)O)c1ccccc1N(C)C(N)=O. The van der Waals surface area contributed by atoms with Crippen LogP contribution in [-0.4, -0.2) is 24.2 Å². The minimum atomic E-state index is -0.867. The lowest BCUT2D eigenvalue weighted by Crippen LogP contribution is -2.32. The molecule has 1 atom stereocenters. The van der Waals surface area contributed by atoms with Crippen molar-refractivity contribution in [2.45, 2.75) is 19.3 Å². The molecule has 0 bridgehead atoms. The maximum Gasteiger partial charge on any atom is 0.319 e. The summed E-state index contributed by atoms with van der Waals surface area (Å²) in [5, 5.41) is 8.78. The number of hydrogen-bond acceptors (Lipinski definition) is 2. The van der Waals surface area contributed by atoms with Gasteiger partial charge in [0.2, 0.25) is 0 Å². The standard InChI is InChI=1S/C12H16N2O3/c1-8(7-11(15)16)9-5-3-4-6-10(9)14(2)12(13)17/h3-6,8H,7H2,1-2H3,(H2,13,17)(H,15,16). The Labute approximate surface area is 99.8 Å². The Hall–Kier alpha value is -2.04. The van der Waals surface area contributed by atoms with Crippen LogP contribution in [-0.2, 0) is 4.79 Å². The number of anilines is 1. The Morgan fingerprint density at radius 3 is 2.53 bits per heavy atom. The van der Waals surface area contributed by atoms with Crippen molar-refractivity contribution < 1.29 is 14.7 Å². The normalized spacial score (nSPS) is 11.9. The predicted octanol–water partition coefficient (Wildman–Crippen LogP) is 1.78. The molecule has 3 N–H and O–H groups in total. The first-order chi connectivity index (χ1) is 7.93. The zero-order chi connectivity index (χ0) is 13.0. The molecule has 1 aromatic carbocycles. The van der Waals surface area contributed by atoms with E-state index in [2.05, 4.69) is 0 Å². The molecule has 5 heteroatoms. The van der Waals surface area contributed by atoms with Gasteiger partial charge in [-0.05, 0) is 17.5 Å². The minimum absolute atomic E-state index is 0.0175. The van der Waals surface area contributed by atoms with Gasteiger partial charge in [0.1, 0.15) is 0 Å². The Morgan fingerprint density at radius 2 is 2.00 bits per heavy atom. The van der Waals surface area contributed by atoms with E-state index in [0.717, 1.165) is 5.56 Å². The number of benzene rings is 1. The van der Waals surface area contributed by atoms with Gasteiger partial charge >= 0.3 is 12.0 Å². The highest BCUT2D eigenvalue weighted by molar-refractivity contribution is 5.91. The van der Waals surface area contributed by atoms with E-state index in [0.29, 0.717) is 5.69 Å². The molecule has 0 aromatic heterocycles. The summed E-state index contributed by atoms with van der Waals surface area (Å²) < 4.78 is 0. The van der Waals surface area contributed by atoms with Crippen molar-refractivity contribution in [3.05, 3.63) is 29.8 Å². The highest BCUT2D eigenvalue weighted by atomic mass is 16.4. The smallest absolute Gasteiger partial charge is 0.319 e. The molecule has 5 nitrogen and oxygen atoms in total. The molecule has 0 heterocycles. The number of rotatable bonds is 4. The summed E-state index contributed by atoms with van der Waals surface area (Å²) >= 11 is 0. The van der Waals surface area contributed by atoms with Crippen LogP contribution in [0.15, 0.2) is 24.3 Å². The average Bonchev–Trinajstić information content (AvgIpc) is 2.27. The van der Waals surface area contributed by atoms with Gasteiger partial charge < -0.3 is 10.8 Å². The van der Waals surface area contributed by atoms with Gasteiger partial charge in [-0.2, -0.15) is 0 Å². The number of amides is 2. The molecule has 0 aliphatic heterocycles. The van der Waals surface area contributed by atoms with Crippen molar-refractivity contribution >= 4 is 17.7 Å². The van der Waals surface area contributed by atoms with Crippen LogP contribution >= 0.6 is 0 Å². The number of carbonyl (C=O) groups is 2. The lowest BCUT2D eigenvalue weighted by Gasteiger charge is -2.21. The van der Waals surface area contributed by atoms with E-state index in [1.807, 2.05) is 19.1 Å². The van der Waals surface area contributed by atoms with Gasteiger partial charge in [-0.15, -0.1) is 0 Å². The lowest BCUT2D eigenvalue weighted by atomic mass is 9.96. The molecule has 1 rings (SSSR count). The monoisotopic (exact) mass is 236 g/mol. The highest BCUT2D eigenvalue weighted by Gasteiger charge is 2.17. The van der Waals surface area contributed by atoms with Crippen LogP contribution in [0.25, 0.3) is 0 Å². The second-order valence-electron chi connectivity index (χ2n) is 3.95. The van der Waals surface area contributed by atoms with Crippen molar-refractivity contribution in [3.8, 4) is 0 Å². The summed E-state index contributed by atoms with van der Waals surface area (Å²) in [5.41, 5.74) is 6.66. The first-order valence-electron chi connectivity index (χ1n) is 5.27. The molecule has 0 radical (unpaired) electrons. The van der Waals surface area contributed by atoms with E-state index in [1.165, 1.54) is 4.90 Å². The molecule has 0 spiro atoms. The van der Waals surface area contributed by atoms with Gasteiger partial charge in [0.05, 0.1) is 6.42 Å². The molecule has 1 aromatic rings. The summed E-state index contributed by atoms with van der Waals surface area (Å²) in [6.45, 7) is 1.81. The Bertz CT molecular complexity index is 432. The number of para-hydroxylation sites is 1. The number of carbonyl (C=O) groups excluding carboxylic acids is 1. The molecular weight excluding hydrogens is 220 g/mol. The van der Waals surface area contributed by atoms with Crippen LogP contribution in [0.2, 0.25) is 0 Å². The van der Waals surface area contributed by atoms with Crippen molar-refractivity contribution in [2.75, 3.05) is 11.9 Å². The van der Waals surface area contributed by atoms with Crippen LogP contribution in [0.3, 0.4) is 0 Å². The molecule has 0 aliphatic carbocycles. The van der Waals surface area contributed by atoms with Crippen molar-refractivity contribution in [3.63, 3.8) is 0 Å². The van der Waals surface area contributed by atoms with E-state index in [-0.39, 0.29) is 12.3 Å². The van der Waals surface area contributed by atoms with Gasteiger partial charge in [-0.3, -0.25) is 9.69 Å². The number of nitrogens with two attached hydrogens (primary N) is 1. The summed E-state index contributed by atoms with van der Waals surface area (Å²) in [6, 6.07) is 6.58. The number of nitrogens with zero attached hydrogens (tertiary/aromatic N) is 1. The fraction of sp³-hybridized carbons (Fsp3) is 0.333. The van der Waals surface area contributed by atoms with Crippen LogP contribution in [0.5, 0.6) is 0 Å². The van der Waals surface area contributed by atoms with Gasteiger partial charge in [-0.25, -0.2) is 4.79 Å². The van der Waals surface area contributed by atoms with Crippen LogP contribution in [0.1, 0.15) is 24.8 Å². The molecule has 0 saturated carbocycles. The van der Waals surface area contributed by atoms with Gasteiger partial charge in [0, 0.05) is 12.7 Å². The maximum atomic E-state index is 11.1. The van der Waals surface area contributed by atoms with Crippen LogP contribution in [0, 0.1) is 0 Å². The third-order valence-corrected chi connectivity index (χ3v) is 2.64. The molecular formula is C12H16N2O3. The number of carboxylic acids is 1. The fourth-order valence-electron chi connectivity index (χ4n) is 1.70. The number of aliphatic carboxylic acids is 1. The van der Waals surface area contributed by atoms with Crippen LogP contribution < -0.4 is 10.6 Å². The van der Waals surface area contributed by atoms with Gasteiger partial charge in [0.25, 0.3) is 0 Å². The van der Waals surface area contributed by atoms with Gasteiger partial charge in [-0.1, -0.05) is 25.1 Å². The number of carboxylic acid groups (broad SMARTS) is 1. The molecule has 0 aliphatic rings. The second kappa shape index (κ2) is 5.34. The molecule has 2 amide bonds. The maximum absolute atomic E-state index is 11.1. The number of primary amides is 1.